The van der Waals surface area contributed by atoms with E-state index in [2.05, 4.69) is 0 Å². The molecule has 1 heterocycles. The predicted octanol–water partition coefficient (Wildman–Crippen LogP) is 2.04. The summed E-state index contributed by atoms with van der Waals surface area (Å²) in [6.45, 7) is 4.50. The standard InChI is InChI=1S/C17H25NO3/c1-14-3-5-15(6-4-14)16(19)7-10-18(2)13-17(20)8-11-21-12-9-17/h3-6,20H,7-13H2,1-2H3. The molecule has 1 N–H and O–H groups in total. The average molecular weight is 291 g/mol. The van der Waals surface area contributed by atoms with Gasteiger partial charge in [-0.25, -0.2) is 0 Å². The zero-order valence-electron chi connectivity index (χ0n) is 13.0. The number of carbonyl (C=O) groups excluding carboxylic acids is 1. The van der Waals surface area contributed by atoms with Crippen LogP contribution in [0.3, 0.4) is 0 Å². The summed E-state index contributed by atoms with van der Waals surface area (Å²) in [5.41, 5.74) is 1.25. The molecular formula is C17H25NO3. The van der Waals surface area contributed by atoms with Crippen molar-refractivity contribution in [1.82, 2.24) is 4.90 Å². The predicted molar refractivity (Wildman–Crippen MR) is 82.6 cm³/mol. The molecule has 0 atom stereocenters. The second-order valence-corrected chi connectivity index (χ2v) is 6.11. The molecule has 0 unspecified atom stereocenters. The van der Waals surface area contributed by atoms with E-state index in [0.717, 1.165) is 11.1 Å². The maximum absolute atomic E-state index is 12.1. The van der Waals surface area contributed by atoms with Gasteiger partial charge in [0.25, 0.3) is 0 Å². The van der Waals surface area contributed by atoms with Gasteiger partial charge in [0.1, 0.15) is 0 Å². The Balaban J connectivity index is 1.79. The molecule has 0 saturated carbocycles. The van der Waals surface area contributed by atoms with E-state index in [0.29, 0.717) is 45.6 Å². The summed E-state index contributed by atoms with van der Waals surface area (Å²) in [4.78, 5) is 14.2. The van der Waals surface area contributed by atoms with Crippen LogP contribution in [0, 0.1) is 6.92 Å². The first-order valence-corrected chi connectivity index (χ1v) is 7.57. The van der Waals surface area contributed by atoms with Crippen LogP contribution in [0.5, 0.6) is 0 Å². The lowest BCUT2D eigenvalue weighted by Gasteiger charge is -2.35. The van der Waals surface area contributed by atoms with Crippen LogP contribution in [0.1, 0.15) is 35.2 Å². The van der Waals surface area contributed by atoms with Gasteiger partial charge in [-0.3, -0.25) is 4.79 Å². The maximum Gasteiger partial charge on any atom is 0.164 e. The minimum absolute atomic E-state index is 0.154. The average Bonchev–Trinajstić information content (AvgIpc) is 2.46. The molecule has 21 heavy (non-hydrogen) atoms. The molecule has 0 aromatic heterocycles. The zero-order valence-corrected chi connectivity index (χ0v) is 13.0. The topological polar surface area (TPSA) is 49.8 Å². The number of ketones is 1. The van der Waals surface area contributed by atoms with Gasteiger partial charge in [0.05, 0.1) is 5.60 Å². The van der Waals surface area contributed by atoms with Crippen molar-refractivity contribution in [3.05, 3.63) is 35.4 Å². The van der Waals surface area contributed by atoms with Crippen LogP contribution in [-0.4, -0.2) is 54.7 Å². The van der Waals surface area contributed by atoms with Gasteiger partial charge in [-0.05, 0) is 14.0 Å². The Hall–Kier alpha value is -1.23. The molecule has 1 saturated heterocycles. The normalized spacial score (nSPS) is 17.9. The number of hydrogen-bond donors (Lipinski definition) is 1. The molecule has 4 nitrogen and oxygen atoms in total. The lowest BCUT2D eigenvalue weighted by Crippen LogP contribution is -2.46. The van der Waals surface area contributed by atoms with E-state index in [1.54, 1.807) is 0 Å². The van der Waals surface area contributed by atoms with E-state index in [-0.39, 0.29) is 5.78 Å². The van der Waals surface area contributed by atoms with Crippen LogP contribution < -0.4 is 0 Å². The highest BCUT2D eigenvalue weighted by Crippen LogP contribution is 2.21. The number of hydrogen-bond acceptors (Lipinski definition) is 4. The number of aryl methyl sites for hydroxylation is 1. The molecule has 0 amide bonds. The van der Waals surface area contributed by atoms with Crippen LogP contribution in [0.4, 0.5) is 0 Å². The van der Waals surface area contributed by atoms with Gasteiger partial charge in [0, 0.05) is 51.1 Å². The summed E-state index contributed by atoms with van der Waals surface area (Å²) in [6, 6.07) is 7.68. The number of nitrogens with zero attached hydrogens (tertiary/aromatic N) is 1. The number of benzene rings is 1. The number of carbonyl (C=O) groups is 1. The lowest BCUT2D eigenvalue weighted by atomic mass is 9.94. The Morgan fingerprint density at radius 3 is 2.52 bits per heavy atom. The molecule has 0 bridgehead atoms. The molecule has 1 aliphatic heterocycles. The largest absolute Gasteiger partial charge is 0.388 e. The van der Waals surface area contributed by atoms with Crippen LogP contribution in [-0.2, 0) is 4.74 Å². The number of aliphatic hydroxyl groups is 1. The highest BCUT2D eigenvalue weighted by atomic mass is 16.5. The SMILES string of the molecule is Cc1ccc(C(=O)CCN(C)CC2(O)CCOCC2)cc1. The van der Waals surface area contributed by atoms with Crippen LogP contribution in [0.25, 0.3) is 0 Å². The van der Waals surface area contributed by atoms with E-state index < -0.39 is 5.60 Å². The fourth-order valence-electron chi connectivity index (χ4n) is 2.67. The van der Waals surface area contributed by atoms with E-state index in [1.807, 2.05) is 43.1 Å². The Morgan fingerprint density at radius 1 is 1.29 bits per heavy atom. The van der Waals surface area contributed by atoms with Gasteiger partial charge in [0.15, 0.2) is 5.78 Å². The Labute approximate surface area is 126 Å². The van der Waals surface area contributed by atoms with Crippen molar-refractivity contribution in [3.8, 4) is 0 Å². The molecule has 1 aromatic rings. The molecule has 116 valence electrons. The third kappa shape index (κ3) is 4.92. The van der Waals surface area contributed by atoms with Crippen molar-refractivity contribution < 1.29 is 14.6 Å². The summed E-state index contributed by atoms with van der Waals surface area (Å²) in [7, 11) is 1.95. The van der Waals surface area contributed by atoms with E-state index in [4.69, 9.17) is 4.74 Å². The molecular weight excluding hydrogens is 266 g/mol. The van der Waals surface area contributed by atoms with E-state index in [1.165, 1.54) is 0 Å². The summed E-state index contributed by atoms with van der Waals surface area (Å²) >= 11 is 0. The van der Waals surface area contributed by atoms with Crippen LogP contribution in [0.2, 0.25) is 0 Å². The minimum atomic E-state index is -0.667. The first-order chi connectivity index (χ1) is 9.98. The highest BCUT2D eigenvalue weighted by molar-refractivity contribution is 5.96. The van der Waals surface area contributed by atoms with Gasteiger partial charge in [-0.15, -0.1) is 0 Å². The van der Waals surface area contributed by atoms with Crippen molar-refractivity contribution in [1.29, 1.82) is 0 Å². The first-order valence-electron chi connectivity index (χ1n) is 7.57. The van der Waals surface area contributed by atoms with Crippen molar-refractivity contribution in [2.24, 2.45) is 0 Å². The zero-order chi connectivity index (χ0) is 15.3. The van der Waals surface area contributed by atoms with Gasteiger partial charge in [-0.1, -0.05) is 29.8 Å². The molecule has 0 aliphatic carbocycles. The molecule has 1 aliphatic rings. The quantitative estimate of drug-likeness (QED) is 0.815. The molecule has 4 heteroatoms. The fourth-order valence-corrected chi connectivity index (χ4v) is 2.67. The Morgan fingerprint density at radius 2 is 1.90 bits per heavy atom. The van der Waals surface area contributed by atoms with Gasteiger partial charge >= 0.3 is 0 Å². The van der Waals surface area contributed by atoms with Gasteiger partial charge in [-0.2, -0.15) is 0 Å². The third-order valence-electron chi connectivity index (χ3n) is 4.08. The van der Waals surface area contributed by atoms with Crippen molar-refractivity contribution >= 4 is 5.78 Å². The van der Waals surface area contributed by atoms with Crippen LogP contribution >= 0.6 is 0 Å². The second kappa shape index (κ2) is 7.16. The Bertz CT molecular complexity index is 463. The molecule has 0 spiro atoms. The number of ether oxygens (including phenoxy) is 1. The van der Waals surface area contributed by atoms with Crippen LogP contribution in [0.15, 0.2) is 24.3 Å². The highest BCUT2D eigenvalue weighted by Gasteiger charge is 2.30. The smallest absolute Gasteiger partial charge is 0.164 e. The number of Topliss-reactive ketones (excluding diaryl/α,β-unsaturated/α-hetero) is 1. The van der Waals surface area contributed by atoms with Crippen molar-refractivity contribution in [3.63, 3.8) is 0 Å². The van der Waals surface area contributed by atoms with Crippen molar-refractivity contribution in [2.75, 3.05) is 33.4 Å². The summed E-state index contributed by atoms with van der Waals surface area (Å²) in [6.07, 6.45) is 1.82. The Kier molecular flexibility index (Phi) is 5.51. The van der Waals surface area contributed by atoms with E-state index in [9.17, 15) is 9.90 Å². The third-order valence-corrected chi connectivity index (χ3v) is 4.08. The summed E-state index contributed by atoms with van der Waals surface area (Å²) in [5, 5.41) is 10.4. The van der Waals surface area contributed by atoms with Gasteiger partial charge in [0.2, 0.25) is 0 Å². The van der Waals surface area contributed by atoms with E-state index >= 15 is 0 Å². The van der Waals surface area contributed by atoms with Crippen molar-refractivity contribution in [2.45, 2.75) is 31.8 Å². The van der Waals surface area contributed by atoms with Gasteiger partial charge < -0.3 is 14.7 Å². The summed E-state index contributed by atoms with van der Waals surface area (Å²) < 4.78 is 5.28. The minimum Gasteiger partial charge on any atom is -0.388 e. The number of rotatable bonds is 6. The monoisotopic (exact) mass is 291 g/mol. The lowest BCUT2D eigenvalue weighted by molar-refractivity contribution is -0.0767. The molecule has 1 fully saturated rings. The maximum atomic E-state index is 12.1. The molecule has 2 rings (SSSR count). The second-order valence-electron chi connectivity index (χ2n) is 6.11. The first kappa shape index (κ1) is 16.1. The fraction of sp³-hybridized carbons (Fsp3) is 0.588. The molecule has 1 aromatic carbocycles. The summed E-state index contributed by atoms with van der Waals surface area (Å²) in [5.74, 6) is 0.154. The number of likely N-dealkylation sites (N-methyl/N-ethyl adjacent to an activating group) is 1. The molecule has 0 radical (unpaired) electrons.